The maximum Gasteiger partial charge on any atom is 0.199 e. The van der Waals surface area contributed by atoms with Crippen molar-refractivity contribution in [3.05, 3.63) is 35.0 Å². The zero-order chi connectivity index (χ0) is 13.8. The van der Waals surface area contributed by atoms with Crippen molar-refractivity contribution in [2.45, 2.75) is 32.9 Å². The Kier molecular flexibility index (Phi) is 4.86. The summed E-state index contributed by atoms with van der Waals surface area (Å²) in [5, 5.41) is 14.5. The predicted octanol–water partition coefficient (Wildman–Crippen LogP) is 3.58. The second kappa shape index (κ2) is 6.42. The van der Waals surface area contributed by atoms with Crippen LogP contribution in [-0.2, 0) is 6.54 Å². The van der Waals surface area contributed by atoms with E-state index in [0.717, 1.165) is 23.0 Å². The third-order valence-electron chi connectivity index (χ3n) is 3.07. The van der Waals surface area contributed by atoms with Gasteiger partial charge in [-0.15, -0.1) is 0 Å². The number of para-hydroxylation sites is 1. The summed E-state index contributed by atoms with van der Waals surface area (Å²) in [6.45, 7) is 5.37. The van der Waals surface area contributed by atoms with Crippen molar-refractivity contribution in [1.29, 1.82) is 0 Å². The molecule has 0 amide bonds. The number of furan rings is 1. The largest absolute Gasteiger partial charge is 0.444 e. The Morgan fingerprint density at radius 2 is 2.05 bits per heavy atom. The molecular weight excluding hydrogens is 262 g/mol. The third kappa shape index (κ3) is 3.72. The molecule has 1 aromatic carbocycles. The summed E-state index contributed by atoms with van der Waals surface area (Å²) in [6.07, 6.45) is 0.476. The Bertz CT molecular complexity index is 536. The second-order valence-corrected chi connectivity index (χ2v) is 5.61. The normalized spacial score (nSPS) is 13.3. The van der Waals surface area contributed by atoms with Crippen LogP contribution >= 0.6 is 11.6 Å². The highest BCUT2D eigenvalue weighted by Crippen LogP contribution is 2.29. The SMILES string of the molecule is CC(C)CC(O)CNCc1c(Cl)oc2ccccc12. The molecular formula is C15H20ClNO2. The molecule has 4 heteroatoms. The lowest BCUT2D eigenvalue weighted by Crippen LogP contribution is -2.27. The average Bonchev–Trinajstić information content (AvgIpc) is 2.65. The maximum absolute atomic E-state index is 9.81. The van der Waals surface area contributed by atoms with Gasteiger partial charge in [0.1, 0.15) is 5.58 Å². The molecule has 0 aliphatic carbocycles. The van der Waals surface area contributed by atoms with E-state index in [-0.39, 0.29) is 6.10 Å². The average molecular weight is 282 g/mol. The van der Waals surface area contributed by atoms with Crippen molar-refractivity contribution >= 4 is 22.6 Å². The van der Waals surface area contributed by atoms with Crippen LogP contribution in [-0.4, -0.2) is 17.8 Å². The number of aliphatic hydroxyl groups excluding tert-OH is 1. The van der Waals surface area contributed by atoms with E-state index < -0.39 is 0 Å². The highest BCUT2D eigenvalue weighted by molar-refractivity contribution is 6.30. The van der Waals surface area contributed by atoms with Crippen molar-refractivity contribution < 1.29 is 9.52 Å². The fourth-order valence-electron chi connectivity index (χ4n) is 2.22. The minimum absolute atomic E-state index is 0.322. The third-order valence-corrected chi connectivity index (χ3v) is 3.38. The lowest BCUT2D eigenvalue weighted by Gasteiger charge is -2.13. The number of rotatable bonds is 6. The van der Waals surface area contributed by atoms with E-state index in [1.807, 2.05) is 24.3 Å². The van der Waals surface area contributed by atoms with Crippen LogP contribution in [0.5, 0.6) is 0 Å². The molecule has 0 fully saturated rings. The van der Waals surface area contributed by atoms with Crippen molar-refractivity contribution in [3.63, 3.8) is 0 Å². The monoisotopic (exact) mass is 281 g/mol. The molecule has 0 saturated heterocycles. The molecule has 0 spiro atoms. The van der Waals surface area contributed by atoms with Gasteiger partial charge >= 0.3 is 0 Å². The molecule has 0 aliphatic rings. The van der Waals surface area contributed by atoms with Crippen LogP contribution in [0.1, 0.15) is 25.8 Å². The first-order chi connectivity index (χ1) is 9.08. The van der Waals surface area contributed by atoms with Gasteiger partial charge in [-0.2, -0.15) is 0 Å². The molecule has 1 atom stereocenters. The first-order valence-electron chi connectivity index (χ1n) is 6.62. The van der Waals surface area contributed by atoms with Crippen LogP contribution < -0.4 is 5.32 Å². The molecule has 0 saturated carbocycles. The smallest absolute Gasteiger partial charge is 0.199 e. The van der Waals surface area contributed by atoms with Gasteiger partial charge in [-0.1, -0.05) is 32.0 Å². The van der Waals surface area contributed by atoms with Crippen molar-refractivity contribution in [2.24, 2.45) is 5.92 Å². The summed E-state index contributed by atoms with van der Waals surface area (Å²) >= 11 is 6.10. The number of aliphatic hydroxyl groups is 1. The highest BCUT2D eigenvalue weighted by atomic mass is 35.5. The Morgan fingerprint density at radius 1 is 1.32 bits per heavy atom. The number of nitrogens with one attached hydrogen (secondary N) is 1. The standard InChI is InChI=1S/C15H20ClNO2/c1-10(2)7-11(18)8-17-9-13-12-5-3-4-6-14(12)19-15(13)16/h3-6,10-11,17-18H,7-9H2,1-2H3. The summed E-state index contributed by atoms with van der Waals surface area (Å²) in [5.41, 5.74) is 1.75. The Hall–Kier alpha value is -1.03. The van der Waals surface area contributed by atoms with E-state index in [0.29, 0.717) is 24.2 Å². The van der Waals surface area contributed by atoms with Gasteiger partial charge in [0.25, 0.3) is 0 Å². The molecule has 104 valence electrons. The van der Waals surface area contributed by atoms with Gasteiger partial charge in [-0.05, 0) is 30.0 Å². The van der Waals surface area contributed by atoms with Crippen LogP contribution in [0.3, 0.4) is 0 Å². The van der Waals surface area contributed by atoms with Crippen LogP contribution in [0.4, 0.5) is 0 Å². The zero-order valence-electron chi connectivity index (χ0n) is 11.3. The number of halogens is 1. The van der Waals surface area contributed by atoms with Gasteiger partial charge < -0.3 is 14.8 Å². The predicted molar refractivity (Wildman–Crippen MR) is 78.4 cm³/mol. The molecule has 2 rings (SSSR count). The topological polar surface area (TPSA) is 45.4 Å². The highest BCUT2D eigenvalue weighted by Gasteiger charge is 2.12. The van der Waals surface area contributed by atoms with Gasteiger partial charge in [0, 0.05) is 24.0 Å². The van der Waals surface area contributed by atoms with Crippen LogP contribution in [0.15, 0.2) is 28.7 Å². The van der Waals surface area contributed by atoms with Crippen molar-refractivity contribution in [3.8, 4) is 0 Å². The van der Waals surface area contributed by atoms with Crippen molar-refractivity contribution in [1.82, 2.24) is 5.32 Å². The van der Waals surface area contributed by atoms with E-state index in [2.05, 4.69) is 19.2 Å². The number of benzene rings is 1. The molecule has 1 aromatic heterocycles. The lowest BCUT2D eigenvalue weighted by atomic mass is 10.1. The van der Waals surface area contributed by atoms with E-state index in [1.165, 1.54) is 0 Å². The van der Waals surface area contributed by atoms with Gasteiger partial charge in [0.2, 0.25) is 0 Å². The van der Waals surface area contributed by atoms with Gasteiger partial charge in [0.15, 0.2) is 5.22 Å². The molecule has 2 aromatic rings. The minimum Gasteiger partial charge on any atom is -0.444 e. The van der Waals surface area contributed by atoms with Crippen LogP contribution in [0.2, 0.25) is 5.22 Å². The van der Waals surface area contributed by atoms with E-state index in [1.54, 1.807) is 0 Å². The molecule has 1 heterocycles. The maximum atomic E-state index is 9.81. The molecule has 19 heavy (non-hydrogen) atoms. The quantitative estimate of drug-likeness (QED) is 0.851. The molecule has 0 aliphatic heterocycles. The summed E-state index contributed by atoms with van der Waals surface area (Å²) in [6, 6.07) is 7.78. The first kappa shape index (κ1) is 14.4. The zero-order valence-corrected chi connectivity index (χ0v) is 12.1. The van der Waals surface area contributed by atoms with Gasteiger partial charge in [-0.25, -0.2) is 0 Å². The van der Waals surface area contributed by atoms with Crippen molar-refractivity contribution in [2.75, 3.05) is 6.54 Å². The Labute approximate surface area is 118 Å². The van der Waals surface area contributed by atoms with E-state index in [9.17, 15) is 5.11 Å². The molecule has 0 radical (unpaired) electrons. The molecule has 2 N–H and O–H groups in total. The lowest BCUT2D eigenvalue weighted by molar-refractivity contribution is 0.146. The van der Waals surface area contributed by atoms with Gasteiger partial charge in [-0.3, -0.25) is 0 Å². The first-order valence-corrected chi connectivity index (χ1v) is 7.00. The van der Waals surface area contributed by atoms with E-state index >= 15 is 0 Å². The number of hydrogen-bond acceptors (Lipinski definition) is 3. The summed E-state index contributed by atoms with van der Waals surface area (Å²) in [5.74, 6) is 0.496. The number of fused-ring (bicyclic) bond motifs is 1. The molecule has 1 unspecified atom stereocenters. The Balaban J connectivity index is 1.96. The summed E-state index contributed by atoms with van der Waals surface area (Å²) < 4.78 is 5.48. The fraction of sp³-hybridized carbons (Fsp3) is 0.467. The molecule has 3 nitrogen and oxygen atoms in total. The number of hydrogen-bond donors (Lipinski definition) is 2. The van der Waals surface area contributed by atoms with Crippen LogP contribution in [0, 0.1) is 5.92 Å². The minimum atomic E-state index is -0.322. The molecule has 0 bridgehead atoms. The second-order valence-electron chi connectivity index (χ2n) is 5.26. The Morgan fingerprint density at radius 3 is 2.79 bits per heavy atom. The summed E-state index contributed by atoms with van der Waals surface area (Å²) in [7, 11) is 0. The van der Waals surface area contributed by atoms with E-state index in [4.69, 9.17) is 16.0 Å². The van der Waals surface area contributed by atoms with Gasteiger partial charge in [0.05, 0.1) is 6.10 Å². The fourth-order valence-corrected chi connectivity index (χ4v) is 2.48. The van der Waals surface area contributed by atoms with Crippen LogP contribution in [0.25, 0.3) is 11.0 Å². The summed E-state index contributed by atoms with van der Waals surface area (Å²) in [4.78, 5) is 0.